The average molecular weight is 362 g/mol. The number of benzene rings is 1. The summed E-state index contributed by atoms with van der Waals surface area (Å²) in [6.07, 6.45) is 0.962. The van der Waals surface area contributed by atoms with Crippen molar-refractivity contribution < 1.29 is 9.53 Å². The highest BCUT2D eigenvalue weighted by atomic mass is 16.5. The summed E-state index contributed by atoms with van der Waals surface area (Å²) < 4.78 is 7.71. The molecule has 2 aliphatic rings. The topological polar surface area (TPSA) is 60.3 Å². The van der Waals surface area contributed by atoms with Crippen LogP contribution in [0.2, 0.25) is 0 Å². The quantitative estimate of drug-likeness (QED) is 0.668. The van der Waals surface area contributed by atoms with Crippen molar-refractivity contribution in [3.05, 3.63) is 52.8 Å². The molecule has 3 aromatic rings. The first-order chi connectivity index (χ1) is 13.0. The number of para-hydroxylation sites is 1. The van der Waals surface area contributed by atoms with Gasteiger partial charge in [0.25, 0.3) is 5.91 Å². The van der Waals surface area contributed by atoms with Crippen LogP contribution in [0.25, 0.3) is 11.0 Å². The Kier molecular flexibility index (Phi) is 3.35. The first-order valence-electron chi connectivity index (χ1n) is 9.27. The highest BCUT2D eigenvalue weighted by molar-refractivity contribution is 6.06. The van der Waals surface area contributed by atoms with E-state index in [0.29, 0.717) is 12.2 Å². The standard InChI is InChI=1S/C21H22N4O2/c1-13-8-16(18-14(2)23-24(3)19(18)22-13)20(26)25-10-21(11-25)9-15-6-4-5-7-17(15)27-12-21/h4-8H,9-12H2,1-3H3. The van der Waals surface area contributed by atoms with Crippen LogP contribution in [0.15, 0.2) is 30.3 Å². The van der Waals surface area contributed by atoms with Gasteiger partial charge in [-0.15, -0.1) is 0 Å². The van der Waals surface area contributed by atoms with Gasteiger partial charge in [-0.2, -0.15) is 5.10 Å². The summed E-state index contributed by atoms with van der Waals surface area (Å²) in [5.41, 5.74) is 4.42. The summed E-state index contributed by atoms with van der Waals surface area (Å²) in [4.78, 5) is 19.7. The first kappa shape index (κ1) is 16.3. The number of ether oxygens (including phenoxy) is 1. The molecule has 0 bridgehead atoms. The molecule has 5 rings (SSSR count). The number of fused-ring (bicyclic) bond motifs is 2. The van der Waals surface area contributed by atoms with Crippen molar-refractivity contribution in [3.8, 4) is 5.75 Å². The summed E-state index contributed by atoms with van der Waals surface area (Å²) >= 11 is 0. The summed E-state index contributed by atoms with van der Waals surface area (Å²) in [6.45, 7) is 5.97. The summed E-state index contributed by atoms with van der Waals surface area (Å²) in [5, 5.41) is 5.31. The van der Waals surface area contributed by atoms with Gasteiger partial charge in [0, 0.05) is 31.2 Å². The Balaban J connectivity index is 1.42. The van der Waals surface area contributed by atoms with Gasteiger partial charge in [-0.05, 0) is 38.0 Å². The molecule has 27 heavy (non-hydrogen) atoms. The SMILES string of the molecule is Cc1cc(C(=O)N2CC3(COc4ccccc4C3)C2)c2c(C)nn(C)c2n1. The van der Waals surface area contributed by atoms with Crippen LogP contribution in [0, 0.1) is 19.3 Å². The van der Waals surface area contributed by atoms with Crippen LogP contribution >= 0.6 is 0 Å². The lowest BCUT2D eigenvalue weighted by molar-refractivity contribution is -0.0289. The molecule has 1 fully saturated rings. The van der Waals surface area contributed by atoms with Gasteiger partial charge >= 0.3 is 0 Å². The number of pyridine rings is 1. The molecule has 6 nitrogen and oxygen atoms in total. The third-order valence-corrected chi connectivity index (χ3v) is 5.74. The smallest absolute Gasteiger partial charge is 0.254 e. The molecule has 0 atom stereocenters. The van der Waals surface area contributed by atoms with Crippen LogP contribution in [0.5, 0.6) is 5.75 Å². The van der Waals surface area contributed by atoms with Crippen LogP contribution in [-0.4, -0.2) is 45.3 Å². The van der Waals surface area contributed by atoms with E-state index in [1.165, 1.54) is 5.56 Å². The minimum Gasteiger partial charge on any atom is -0.493 e. The molecule has 0 unspecified atom stereocenters. The predicted molar refractivity (Wildman–Crippen MR) is 102 cm³/mol. The van der Waals surface area contributed by atoms with Gasteiger partial charge in [0.2, 0.25) is 0 Å². The Morgan fingerprint density at radius 2 is 2.00 bits per heavy atom. The van der Waals surface area contributed by atoms with Crippen LogP contribution in [0.3, 0.4) is 0 Å². The largest absolute Gasteiger partial charge is 0.493 e. The van der Waals surface area contributed by atoms with E-state index in [2.05, 4.69) is 16.1 Å². The van der Waals surface area contributed by atoms with E-state index < -0.39 is 0 Å². The van der Waals surface area contributed by atoms with E-state index in [-0.39, 0.29) is 11.3 Å². The third-order valence-electron chi connectivity index (χ3n) is 5.74. The predicted octanol–water partition coefficient (Wildman–Crippen LogP) is 2.66. The molecule has 4 heterocycles. The Morgan fingerprint density at radius 1 is 1.22 bits per heavy atom. The second-order valence-corrected chi connectivity index (χ2v) is 7.95. The molecule has 2 aliphatic heterocycles. The lowest BCUT2D eigenvalue weighted by Crippen LogP contribution is -2.62. The Labute approximate surface area is 157 Å². The number of carbonyl (C=O) groups excluding carboxylic acids is 1. The zero-order valence-corrected chi connectivity index (χ0v) is 15.8. The van der Waals surface area contributed by atoms with Crippen LogP contribution in [-0.2, 0) is 13.5 Å². The minimum absolute atomic E-state index is 0.0369. The van der Waals surface area contributed by atoms with Crippen LogP contribution < -0.4 is 4.74 Å². The zero-order valence-electron chi connectivity index (χ0n) is 15.8. The van der Waals surface area contributed by atoms with Gasteiger partial charge in [0.1, 0.15) is 5.75 Å². The average Bonchev–Trinajstić information content (AvgIpc) is 2.92. The molecule has 1 amide bonds. The van der Waals surface area contributed by atoms with Gasteiger partial charge < -0.3 is 9.64 Å². The summed E-state index contributed by atoms with van der Waals surface area (Å²) in [7, 11) is 1.87. The van der Waals surface area contributed by atoms with Crippen molar-refractivity contribution in [3.63, 3.8) is 0 Å². The molecule has 1 aromatic carbocycles. The molecule has 0 saturated carbocycles. The molecule has 138 valence electrons. The molecular weight excluding hydrogens is 340 g/mol. The van der Waals surface area contributed by atoms with Crippen LogP contribution in [0.1, 0.15) is 27.3 Å². The fourth-order valence-corrected chi connectivity index (χ4v) is 4.50. The van der Waals surface area contributed by atoms with Crippen molar-refractivity contribution in [2.75, 3.05) is 19.7 Å². The van der Waals surface area contributed by atoms with Gasteiger partial charge in [0.05, 0.1) is 23.3 Å². The van der Waals surface area contributed by atoms with Gasteiger partial charge in [-0.3, -0.25) is 9.48 Å². The van der Waals surface area contributed by atoms with Crippen molar-refractivity contribution in [2.45, 2.75) is 20.3 Å². The molecular formula is C21H22N4O2. The Hall–Kier alpha value is -2.89. The van der Waals surface area contributed by atoms with Crippen molar-refractivity contribution in [2.24, 2.45) is 12.5 Å². The Bertz CT molecular complexity index is 1080. The number of aryl methyl sites for hydroxylation is 3. The number of hydrogen-bond acceptors (Lipinski definition) is 4. The van der Waals surface area contributed by atoms with Crippen molar-refractivity contribution >= 4 is 16.9 Å². The number of nitrogens with zero attached hydrogens (tertiary/aromatic N) is 4. The van der Waals surface area contributed by atoms with Gasteiger partial charge in [-0.1, -0.05) is 18.2 Å². The highest BCUT2D eigenvalue weighted by Gasteiger charge is 2.48. The van der Waals surface area contributed by atoms with Crippen LogP contribution in [0.4, 0.5) is 0 Å². The molecule has 0 radical (unpaired) electrons. The monoisotopic (exact) mass is 362 g/mol. The number of likely N-dealkylation sites (tertiary alicyclic amines) is 1. The third kappa shape index (κ3) is 2.43. The number of aromatic nitrogens is 3. The second kappa shape index (κ2) is 5.55. The van der Waals surface area contributed by atoms with E-state index in [1.807, 2.05) is 50.1 Å². The fraction of sp³-hybridized carbons (Fsp3) is 0.381. The highest BCUT2D eigenvalue weighted by Crippen LogP contribution is 2.41. The summed E-state index contributed by atoms with van der Waals surface area (Å²) in [6, 6.07) is 10.1. The second-order valence-electron chi connectivity index (χ2n) is 7.95. The normalized spacial score (nSPS) is 17.5. The van der Waals surface area contributed by atoms with Gasteiger partial charge in [-0.25, -0.2) is 4.98 Å². The lowest BCUT2D eigenvalue weighted by atomic mass is 9.73. The van der Waals surface area contributed by atoms with E-state index in [9.17, 15) is 4.79 Å². The summed E-state index contributed by atoms with van der Waals surface area (Å²) in [5.74, 6) is 1.04. The first-order valence-corrected chi connectivity index (χ1v) is 9.27. The van der Waals surface area contributed by atoms with Crippen molar-refractivity contribution in [1.82, 2.24) is 19.7 Å². The van der Waals surface area contributed by atoms with E-state index in [4.69, 9.17) is 4.74 Å². The minimum atomic E-state index is 0.0369. The molecule has 1 spiro atoms. The molecule has 1 saturated heterocycles. The maximum atomic E-state index is 13.2. The van der Waals surface area contributed by atoms with Gasteiger partial charge in [0.15, 0.2) is 5.65 Å². The van der Waals surface area contributed by atoms with Crippen molar-refractivity contribution in [1.29, 1.82) is 0 Å². The molecule has 0 N–H and O–H groups in total. The zero-order chi connectivity index (χ0) is 18.8. The van der Waals surface area contributed by atoms with E-state index in [0.717, 1.165) is 47.7 Å². The fourth-order valence-electron chi connectivity index (χ4n) is 4.50. The maximum Gasteiger partial charge on any atom is 0.254 e. The number of rotatable bonds is 1. The lowest BCUT2D eigenvalue weighted by Gasteiger charge is -2.51. The number of hydrogen-bond donors (Lipinski definition) is 0. The molecule has 6 heteroatoms. The Morgan fingerprint density at radius 3 is 2.81 bits per heavy atom. The number of amides is 1. The number of carbonyl (C=O) groups is 1. The van der Waals surface area contributed by atoms with E-state index in [1.54, 1.807) is 4.68 Å². The maximum absolute atomic E-state index is 13.2. The molecule has 2 aromatic heterocycles. The van der Waals surface area contributed by atoms with E-state index >= 15 is 0 Å². The molecule has 0 aliphatic carbocycles.